The van der Waals surface area contributed by atoms with Crippen LogP contribution in [0.2, 0.25) is 5.02 Å². The first kappa shape index (κ1) is 16.3. The van der Waals surface area contributed by atoms with Crippen LogP contribution in [0.25, 0.3) is 10.8 Å². The lowest BCUT2D eigenvalue weighted by atomic mass is 10.1. The van der Waals surface area contributed by atoms with Crippen LogP contribution < -0.4 is 10.1 Å². The van der Waals surface area contributed by atoms with Gasteiger partial charge < -0.3 is 10.1 Å². The van der Waals surface area contributed by atoms with E-state index in [-0.39, 0.29) is 5.91 Å². The van der Waals surface area contributed by atoms with Crippen molar-refractivity contribution in [3.05, 3.63) is 71.8 Å². The van der Waals surface area contributed by atoms with Gasteiger partial charge in [0.25, 0.3) is 5.91 Å². The van der Waals surface area contributed by atoms with E-state index in [4.69, 9.17) is 16.3 Å². The first-order valence-corrected chi connectivity index (χ1v) is 8.26. The van der Waals surface area contributed by atoms with E-state index >= 15 is 0 Å². The van der Waals surface area contributed by atoms with Gasteiger partial charge in [0.1, 0.15) is 5.75 Å². The molecular weight excluding hydrogens is 322 g/mol. The van der Waals surface area contributed by atoms with E-state index in [0.717, 1.165) is 10.8 Å². The monoisotopic (exact) mass is 339 g/mol. The molecule has 0 saturated carbocycles. The number of hydrogen-bond donors (Lipinski definition) is 1. The Morgan fingerprint density at radius 1 is 1.04 bits per heavy atom. The molecule has 0 radical (unpaired) electrons. The zero-order valence-corrected chi connectivity index (χ0v) is 14.1. The zero-order valence-electron chi connectivity index (χ0n) is 13.3. The molecule has 0 heterocycles. The highest BCUT2D eigenvalue weighted by Gasteiger charge is 2.20. The van der Waals surface area contributed by atoms with Gasteiger partial charge in [0.2, 0.25) is 0 Å². The fourth-order valence-electron chi connectivity index (χ4n) is 2.55. The van der Waals surface area contributed by atoms with Gasteiger partial charge in [-0.25, -0.2) is 0 Å². The van der Waals surface area contributed by atoms with Crippen LogP contribution in [-0.2, 0) is 4.79 Å². The predicted molar refractivity (Wildman–Crippen MR) is 98.7 cm³/mol. The molecule has 3 nitrogen and oxygen atoms in total. The maximum Gasteiger partial charge on any atom is 0.265 e. The maximum absolute atomic E-state index is 12.5. The number of para-hydroxylation sites is 1. The number of ether oxygens (including phenoxy) is 1. The number of halogens is 1. The van der Waals surface area contributed by atoms with Crippen LogP contribution in [-0.4, -0.2) is 12.0 Å². The molecule has 0 aliphatic heterocycles. The Labute approximate surface area is 146 Å². The Balaban J connectivity index is 1.81. The van der Waals surface area contributed by atoms with E-state index in [2.05, 4.69) is 5.32 Å². The molecule has 1 N–H and O–H groups in total. The van der Waals surface area contributed by atoms with Crippen molar-refractivity contribution >= 4 is 34.0 Å². The van der Waals surface area contributed by atoms with Gasteiger partial charge in [-0.1, -0.05) is 67.1 Å². The third-order valence-corrected chi connectivity index (χ3v) is 4.14. The van der Waals surface area contributed by atoms with Crippen molar-refractivity contribution in [1.29, 1.82) is 0 Å². The molecule has 0 spiro atoms. The Bertz CT molecular complexity index is 858. The van der Waals surface area contributed by atoms with Gasteiger partial charge in [-0.2, -0.15) is 0 Å². The van der Waals surface area contributed by atoms with Crippen molar-refractivity contribution in [1.82, 2.24) is 0 Å². The summed E-state index contributed by atoms with van der Waals surface area (Å²) >= 11 is 6.10. The number of amides is 1. The van der Waals surface area contributed by atoms with Gasteiger partial charge in [-0.05, 0) is 30.0 Å². The average molecular weight is 340 g/mol. The fraction of sp³-hybridized carbons (Fsp3) is 0.150. The molecule has 0 aliphatic rings. The molecule has 1 amide bonds. The van der Waals surface area contributed by atoms with Crippen molar-refractivity contribution < 1.29 is 9.53 Å². The SMILES string of the molecule is CCC(Oc1cccc2ccccc12)C(=O)Nc1ccccc1Cl. The van der Waals surface area contributed by atoms with Crippen molar-refractivity contribution in [3.8, 4) is 5.75 Å². The third-order valence-electron chi connectivity index (χ3n) is 3.81. The lowest BCUT2D eigenvalue weighted by Crippen LogP contribution is -2.32. The normalized spacial score (nSPS) is 11.9. The summed E-state index contributed by atoms with van der Waals surface area (Å²) in [7, 11) is 0. The first-order chi connectivity index (χ1) is 11.7. The van der Waals surface area contributed by atoms with Gasteiger partial charge in [-0.15, -0.1) is 0 Å². The minimum atomic E-state index is -0.591. The molecule has 3 rings (SSSR count). The molecule has 1 atom stereocenters. The molecule has 0 bridgehead atoms. The zero-order chi connectivity index (χ0) is 16.9. The van der Waals surface area contributed by atoms with E-state index in [1.54, 1.807) is 12.1 Å². The Hall–Kier alpha value is -2.52. The minimum Gasteiger partial charge on any atom is -0.480 e. The summed E-state index contributed by atoms with van der Waals surface area (Å²) in [4.78, 5) is 12.5. The maximum atomic E-state index is 12.5. The Kier molecular flexibility index (Phi) is 5.02. The van der Waals surface area contributed by atoms with Crippen molar-refractivity contribution in [2.75, 3.05) is 5.32 Å². The summed E-state index contributed by atoms with van der Waals surface area (Å²) < 4.78 is 6.00. The number of carbonyl (C=O) groups is 1. The molecule has 4 heteroatoms. The average Bonchev–Trinajstić information content (AvgIpc) is 2.61. The molecule has 0 aromatic heterocycles. The largest absolute Gasteiger partial charge is 0.480 e. The molecule has 3 aromatic carbocycles. The van der Waals surface area contributed by atoms with Gasteiger partial charge >= 0.3 is 0 Å². The summed E-state index contributed by atoms with van der Waals surface area (Å²) in [5.74, 6) is 0.493. The van der Waals surface area contributed by atoms with Crippen molar-refractivity contribution in [3.63, 3.8) is 0 Å². The second-order valence-electron chi connectivity index (χ2n) is 5.46. The number of nitrogens with one attached hydrogen (secondary N) is 1. The molecular formula is C20H18ClNO2. The lowest BCUT2D eigenvalue weighted by molar-refractivity contribution is -0.122. The molecule has 3 aromatic rings. The van der Waals surface area contributed by atoms with Crippen LogP contribution in [0.3, 0.4) is 0 Å². The second-order valence-corrected chi connectivity index (χ2v) is 5.87. The smallest absolute Gasteiger partial charge is 0.265 e. The summed E-state index contributed by atoms with van der Waals surface area (Å²) in [6.45, 7) is 1.92. The summed E-state index contributed by atoms with van der Waals surface area (Å²) in [6, 6.07) is 20.9. The highest BCUT2D eigenvalue weighted by Crippen LogP contribution is 2.27. The van der Waals surface area contributed by atoms with Crippen molar-refractivity contribution in [2.24, 2.45) is 0 Å². The third kappa shape index (κ3) is 3.52. The van der Waals surface area contributed by atoms with E-state index < -0.39 is 6.10 Å². The highest BCUT2D eigenvalue weighted by molar-refractivity contribution is 6.33. The van der Waals surface area contributed by atoms with Gasteiger partial charge in [-0.3, -0.25) is 4.79 Å². The standard InChI is InChI=1S/C20H18ClNO2/c1-2-18(20(23)22-17-12-6-5-11-16(17)21)24-19-13-7-9-14-8-3-4-10-15(14)19/h3-13,18H,2H2,1H3,(H,22,23). The van der Waals surface area contributed by atoms with Gasteiger partial charge in [0.05, 0.1) is 10.7 Å². The predicted octanol–water partition coefficient (Wildman–Crippen LogP) is 5.29. The summed E-state index contributed by atoms with van der Waals surface area (Å²) in [6.07, 6.45) is -0.0356. The number of rotatable bonds is 5. The Morgan fingerprint density at radius 3 is 2.54 bits per heavy atom. The first-order valence-electron chi connectivity index (χ1n) is 7.89. The van der Waals surface area contributed by atoms with E-state index in [9.17, 15) is 4.79 Å². The summed E-state index contributed by atoms with van der Waals surface area (Å²) in [5.41, 5.74) is 0.587. The van der Waals surface area contributed by atoms with E-state index in [1.807, 2.05) is 61.5 Å². The minimum absolute atomic E-state index is 0.210. The van der Waals surface area contributed by atoms with E-state index in [0.29, 0.717) is 22.9 Å². The van der Waals surface area contributed by atoms with Crippen LogP contribution >= 0.6 is 11.6 Å². The molecule has 24 heavy (non-hydrogen) atoms. The van der Waals surface area contributed by atoms with Gasteiger partial charge in [0, 0.05) is 5.39 Å². The number of anilines is 1. The molecule has 0 fully saturated rings. The van der Waals surface area contributed by atoms with Crippen LogP contribution in [0.4, 0.5) is 5.69 Å². The van der Waals surface area contributed by atoms with Crippen LogP contribution in [0.5, 0.6) is 5.75 Å². The van der Waals surface area contributed by atoms with Crippen LogP contribution in [0.1, 0.15) is 13.3 Å². The van der Waals surface area contributed by atoms with Crippen LogP contribution in [0.15, 0.2) is 66.7 Å². The lowest BCUT2D eigenvalue weighted by Gasteiger charge is -2.19. The second kappa shape index (κ2) is 7.37. The van der Waals surface area contributed by atoms with Crippen molar-refractivity contribution in [2.45, 2.75) is 19.4 Å². The topological polar surface area (TPSA) is 38.3 Å². The number of carbonyl (C=O) groups excluding carboxylic acids is 1. The molecule has 1 unspecified atom stereocenters. The fourth-order valence-corrected chi connectivity index (χ4v) is 2.73. The number of benzene rings is 3. The van der Waals surface area contributed by atoms with Gasteiger partial charge in [0.15, 0.2) is 6.10 Å². The Morgan fingerprint density at radius 2 is 1.75 bits per heavy atom. The molecule has 0 saturated heterocycles. The number of fused-ring (bicyclic) bond motifs is 1. The quantitative estimate of drug-likeness (QED) is 0.686. The van der Waals surface area contributed by atoms with E-state index in [1.165, 1.54) is 0 Å². The number of hydrogen-bond acceptors (Lipinski definition) is 2. The molecule has 0 aliphatic carbocycles. The summed E-state index contributed by atoms with van der Waals surface area (Å²) in [5, 5.41) is 5.41. The highest BCUT2D eigenvalue weighted by atomic mass is 35.5. The van der Waals surface area contributed by atoms with Crippen LogP contribution in [0, 0.1) is 0 Å². The molecule has 122 valence electrons.